The first-order valence-electron chi connectivity index (χ1n) is 6.23. The van der Waals surface area contributed by atoms with Crippen molar-refractivity contribution in [3.63, 3.8) is 0 Å². The molecule has 1 aromatic heterocycles. The smallest absolute Gasteiger partial charge is 0.0271 e. The minimum Gasteiger partial charge on any atom is -0.330 e. The monoisotopic (exact) mass is 219 g/mol. The van der Waals surface area contributed by atoms with Crippen molar-refractivity contribution in [1.82, 2.24) is 9.88 Å². The molecule has 1 unspecified atom stereocenters. The number of hydrogen-bond acceptors (Lipinski definition) is 3. The molecule has 0 spiro atoms. The van der Waals surface area contributed by atoms with Crippen molar-refractivity contribution in [2.24, 2.45) is 5.73 Å². The lowest BCUT2D eigenvalue weighted by molar-refractivity contribution is 0.232. The van der Waals surface area contributed by atoms with Gasteiger partial charge < -0.3 is 5.73 Å². The van der Waals surface area contributed by atoms with E-state index in [9.17, 15) is 0 Å². The predicted molar refractivity (Wildman–Crippen MR) is 66.0 cm³/mol. The number of nitrogens with zero attached hydrogens (tertiary/aromatic N) is 2. The van der Waals surface area contributed by atoms with Gasteiger partial charge in [-0.15, -0.1) is 0 Å². The van der Waals surface area contributed by atoms with Gasteiger partial charge in [0.05, 0.1) is 0 Å². The standard InChI is InChI=1S/C13H21N3/c14-7-1-3-13-4-2-10-16(13)11-12-5-8-15-9-6-12/h5-6,8-9,13H,1-4,7,10-11,14H2. The molecule has 1 aliphatic heterocycles. The van der Waals surface area contributed by atoms with E-state index in [1.165, 1.54) is 31.4 Å². The summed E-state index contributed by atoms with van der Waals surface area (Å²) in [5.41, 5.74) is 6.95. The van der Waals surface area contributed by atoms with Gasteiger partial charge in [-0.2, -0.15) is 0 Å². The Morgan fingerprint density at radius 1 is 1.38 bits per heavy atom. The Hall–Kier alpha value is -0.930. The van der Waals surface area contributed by atoms with Gasteiger partial charge in [-0.1, -0.05) is 0 Å². The van der Waals surface area contributed by atoms with E-state index >= 15 is 0 Å². The molecule has 1 aromatic rings. The Kier molecular flexibility index (Phi) is 4.31. The van der Waals surface area contributed by atoms with Gasteiger partial charge >= 0.3 is 0 Å². The summed E-state index contributed by atoms with van der Waals surface area (Å²) in [6.45, 7) is 3.12. The Bertz CT molecular complexity index is 299. The van der Waals surface area contributed by atoms with E-state index in [2.05, 4.69) is 22.0 Å². The Labute approximate surface area is 97.7 Å². The third kappa shape index (κ3) is 3.03. The minimum atomic E-state index is 0.747. The summed E-state index contributed by atoms with van der Waals surface area (Å²) in [6, 6.07) is 4.97. The molecule has 3 nitrogen and oxygen atoms in total. The quantitative estimate of drug-likeness (QED) is 0.821. The number of aromatic nitrogens is 1. The molecule has 2 heterocycles. The molecule has 0 saturated carbocycles. The molecule has 1 atom stereocenters. The van der Waals surface area contributed by atoms with Crippen LogP contribution in [0, 0.1) is 0 Å². The second kappa shape index (κ2) is 5.97. The van der Waals surface area contributed by atoms with E-state index in [1.807, 2.05) is 12.4 Å². The maximum absolute atomic E-state index is 5.58. The Morgan fingerprint density at radius 2 is 2.19 bits per heavy atom. The van der Waals surface area contributed by atoms with Crippen LogP contribution in [-0.2, 0) is 6.54 Å². The van der Waals surface area contributed by atoms with Crippen LogP contribution in [0.5, 0.6) is 0 Å². The average molecular weight is 219 g/mol. The lowest BCUT2D eigenvalue weighted by atomic mass is 10.1. The third-order valence-corrected chi connectivity index (χ3v) is 3.38. The van der Waals surface area contributed by atoms with Gasteiger partial charge in [0.2, 0.25) is 0 Å². The molecule has 0 aromatic carbocycles. The first-order valence-corrected chi connectivity index (χ1v) is 6.23. The maximum atomic E-state index is 5.58. The van der Waals surface area contributed by atoms with Crippen LogP contribution in [0.2, 0.25) is 0 Å². The molecule has 2 rings (SSSR count). The fourth-order valence-electron chi connectivity index (χ4n) is 2.51. The van der Waals surface area contributed by atoms with E-state index in [0.717, 1.165) is 25.6 Å². The van der Waals surface area contributed by atoms with Gasteiger partial charge in [-0.05, 0) is 56.5 Å². The highest BCUT2D eigenvalue weighted by Crippen LogP contribution is 2.23. The summed E-state index contributed by atoms with van der Waals surface area (Å²) < 4.78 is 0. The molecule has 2 N–H and O–H groups in total. The van der Waals surface area contributed by atoms with Crippen LogP contribution < -0.4 is 5.73 Å². The topological polar surface area (TPSA) is 42.1 Å². The number of pyridine rings is 1. The molecule has 16 heavy (non-hydrogen) atoms. The Morgan fingerprint density at radius 3 is 2.94 bits per heavy atom. The zero-order valence-corrected chi connectivity index (χ0v) is 9.81. The zero-order valence-electron chi connectivity index (χ0n) is 9.81. The van der Waals surface area contributed by atoms with Gasteiger partial charge in [0.1, 0.15) is 0 Å². The van der Waals surface area contributed by atoms with Crippen molar-refractivity contribution in [1.29, 1.82) is 0 Å². The molecular weight excluding hydrogens is 198 g/mol. The van der Waals surface area contributed by atoms with Crippen LogP contribution in [0.3, 0.4) is 0 Å². The van der Waals surface area contributed by atoms with Crippen LogP contribution in [0.1, 0.15) is 31.2 Å². The summed E-state index contributed by atoms with van der Waals surface area (Å²) in [4.78, 5) is 6.64. The second-order valence-corrected chi connectivity index (χ2v) is 4.55. The van der Waals surface area contributed by atoms with Crippen molar-refractivity contribution in [2.45, 2.75) is 38.3 Å². The van der Waals surface area contributed by atoms with E-state index in [1.54, 1.807) is 0 Å². The number of hydrogen-bond donors (Lipinski definition) is 1. The largest absolute Gasteiger partial charge is 0.330 e. The lowest BCUT2D eigenvalue weighted by Crippen LogP contribution is -2.29. The summed E-state index contributed by atoms with van der Waals surface area (Å²) in [5, 5.41) is 0. The molecule has 1 aliphatic rings. The molecule has 0 amide bonds. The summed E-state index contributed by atoms with van der Waals surface area (Å²) in [7, 11) is 0. The molecule has 88 valence electrons. The number of nitrogens with two attached hydrogens (primary N) is 1. The molecule has 1 fully saturated rings. The van der Waals surface area contributed by atoms with Gasteiger partial charge in [0.25, 0.3) is 0 Å². The molecule has 0 aliphatic carbocycles. The molecule has 1 saturated heterocycles. The van der Waals surface area contributed by atoms with Crippen LogP contribution in [-0.4, -0.2) is 29.0 Å². The highest BCUT2D eigenvalue weighted by Gasteiger charge is 2.23. The maximum Gasteiger partial charge on any atom is 0.0271 e. The van der Waals surface area contributed by atoms with E-state index < -0.39 is 0 Å². The Balaban J connectivity index is 1.88. The fraction of sp³-hybridized carbons (Fsp3) is 0.615. The first kappa shape index (κ1) is 11.6. The fourth-order valence-corrected chi connectivity index (χ4v) is 2.51. The molecule has 3 heteroatoms. The van der Waals surface area contributed by atoms with Crippen LogP contribution >= 0.6 is 0 Å². The summed E-state index contributed by atoms with van der Waals surface area (Å²) in [6.07, 6.45) is 8.82. The molecular formula is C13H21N3. The number of likely N-dealkylation sites (tertiary alicyclic amines) is 1. The second-order valence-electron chi connectivity index (χ2n) is 4.55. The minimum absolute atomic E-state index is 0.747. The summed E-state index contributed by atoms with van der Waals surface area (Å²) in [5.74, 6) is 0. The molecule has 0 bridgehead atoms. The van der Waals surface area contributed by atoms with Crippen molar-refractivity contribution in [2.75, 3.05) is 13.1 Å². The predicted octanol–water partition coefficient (Wildman–Crippen LogP) is 1.78. The van der Waals surface area contributed by atoms with Crippen molar-refractivity contribution >= 4 is 0 Å². The van der Waals surface area contributed by atoms with Gasteiger partial charge in [0.15, 0.2) is 0 Å². The third-order valence-electron chi connectivity index (χ3n) is 3.38. The van der Waals surface area contributed by atoms with Crippen LogP contribution in [0.4, 0.5) is 0 Å². The van der Waals surface area contributed by atoms with Crippen molar-refractivity contribution < 1.29 is 0 Å². The van der Waals surface area contributed by atoms with E-state index in [0.29, 0.717) is 0 Å². The van der Waals surface area contributed by atoms with E-state index in [4.69, 9.17) is 5.73 Å². The van der Waals surface area contributed by atoms with Crippen molar-refractivity contribution in [3.8, 4) is 0 Å². The highest BCUT2D eigenvalue weighted by atomic mass is 15.2. The van der Waals surface area contributed by atoms with Gasteiger partial charge in [-0.25, -0.2) is 0 Å². The normalized spacial score (nSPS) is 21.4. The van der Waals surface area contributed by atoms with Gasteiger partial charge in [-0.3, -0.25) is 9.88 Å². The SMILES string of the molecule is NCCCC1CCCN1Cc1ccncc1. The first-order chi connectivity index (χ1) is 7.90. The van der Waals surface area contributed by atoms with Crippen LogP contribution in [0.15, 0.2) is 24.5 Å². The number of rotatable bonds is 5. The summed E-state index contributed by atoms with van der Waals surface area (Å²) >= 11 is 0. The van der Waals surface area contributed by atoms with Crippen molar-refractivity contribution in [3.05, 3.63) is 30.1 Å². The zero-order chi connectivity index (χ0) is 11.2. The molecule has 0 radical (unpaired) electrons. The van der Waals surface area contributed by atoms with Crippen LogP contribution in [0.25, 0.3) is 0 Å². The van der Waals surface area contributed by atoms with Gasteiger partial charge in [0, 0.05) is 25.0 Å². The van der Waals surface area contributed by atoms with E-state index in [-0.39, 0.29) is 0 Å². The average Bonchev–Trinajstić information content (AvgIpc) is 2.75. The lowest BCUT2D eigenvalue weighted by Gasteiger charge is -2.24. The highest BCUT2D eigenvalue weighted by molar-refractivity contribution is 5.09.